The number of fused-ring (bicyclic) bond motifs is 4. The molecule has 1 saturated heterocycles. The number of carbonyl (C=O) groups is 4. The monoisotopic (exact) mass is 831 g/mol. The van der Waals surface area contributed by atoms with Crippen LogP contribution in [0.3, 0.4) is 0 Å². The number of hydrogen-bond acceptors (Lipinski definition) is 8. The van der Waals surface area contributed by atoms with Crippen molar-refractivity contribution in [1.82, 2.24) is 0 Å². The molecule has 0 unspecified atom stereocenters. The molecule has 2 amide bonds. The van der Waals surface area contributed by atoms with Crippen LogP contribution in [0.4, 0.5) is 5.69 Å². The molecule has 5 aromatic carbocycles. The highest BCUT2D eigenvalue weighted by Crippen LogP contribution is 2.64. The maximum Gasteiger partial charge on any atom is 0.238 e. The lowest BCUT2D eigenvalue weighted by Crippen LogP contribution is -2.58. The Morgan fingerprint density at radius 1 is 0.754 bits per heavy atom. The van der Waals surface area contributed by atoms with E-state index in [4.69, 9.17) is 25.8 Å². The molecule has 6 atom stereocenters. The number of benzene rings is 5. The van der Waals surface area contributed by atoms with Gasteiger partial charge in [-0.25, -0.2) is 0 Å². The number of hydrogen-bond donors (Lipinski definition) is 1. The van der Waals surface area contributed by atoms with Crippen molar-refractivity contribution in [2.75, 3.05) is 26.2 Å². The van der Waals surface area contributed by atoms with Crippen LogP contribution in [0.2, 0.25) is 5.02 Å². The van der Waals surface area contributed by atoms with Gasteiger partial charge >= 0.3 is 0 Å². The van der Waals surface area contributed by atoms with Crippen LogP contribution in [0.1, 0.15) is 46.6 Å². The van der Waals surface area contributed by atoms with E-state index >= 15 is 9.59 Å². The van der Waals surface area contributed by atoms with E-state index in [0.717, 1.165) is 16.7 Å². The van der Waals surface area contributed by atoms with Crippen LogP contribution in [0, 0.1) is 23.7 Å². The number of allylic oxidation sites excluding steroid dienone is 4. The molecule has 9 nitrogen and oxygen atoms in total. The van der Waals surface area contributed by atoms with E-state index < -0.39 is 35.0 Å². The van der Waals surface area contributed by atoms with Gasteiger partial charge in [-0.05, 0) is 89.6 Å². The fraction of sp³-hybridized carbons (Fsp3) is 0.216. The fourth-order valence-corrected chi connectivity index (χ4v) is 10.5. The summed E-state index contributed by atoms with van der Waals surface area (Å²) in [6.45, 7) is 0. The molecular weight excluding hydrogens is 790 g/mol. The maximum absolute atomic E-state index is 15.3. The van der Waals surface area contributed by atoms with E-state index in [2.05, 4.69) is 0 Å². The quantitative estimate of drug-likeness (QED) is 0.0888. The van der Waals surface area contributed by atoms with Gasteiger partial charge in [0.05, 0.1) is 49.3 Å². The second-order valence-corrected chi connectivity index (χ2v) is 16.3. The number of methoxy groups -OCH3 is 3. The zero-order valence-electron chi connectivity index (χ0n) is 33.7. The van der Waals surface area contributed by atoms with Gasteiger partial charge in [0.1, 0.15) is 11.5 Å². The number of anilines is 1. The number of phenolic OH excluding ortho intramolecular Hbond substituents is 1. The normalized spacial score (nSPS) is 24.5. The third-order valence-corrected chi connectivity index (χ3v) is 13.3. The van der Waals surface area contributed by atoms with Crippen LogP contribution in [0.25, 0.3) is 17.7 Å². The summed E-state index contributed by atoms with van der Waals surface area (Å²) >= 11 is 6.70. The average Bonchev–Trinajstić information content (AvgIpc) is 3.56. The number of ketones is 2. The van der Waals surface area contributed by atoms with E-state index in [1.165, 1.54) is 18.1 Å². The number of phenols is 1. The Hall–Kier alpha value is -6.71. The zero-order chi connectivity index (χ0) is 42.6. The highest BCUT2D eigenvalue weighted by atomic mass is 35.5. The molecule has 2 fully saturated rings. The average molecular weight is 832 g/mol. The van der Waals surface area contributed by atoms with Crippen molar-refractivity contribution in [1.29, 1.82) is 0 Å². The third-order valence-electron chi connectivity index (χ3n) is 13.0. The minimum absolute atomic E-state index is 0.0137. The van der Waals surface area contributed by atoms with Gasteiger partial charge in [-0.15, -0.1) is 0 Å². The Labute approximate surface area is 358 Å². The minimum atomic E-state index is -1.46. The number of imide groups is 1. The zero-order valence-corrected chi connectivity index (χ0v) is 34.5. The van der Waals surface area contributed by atoms with Crippen LogP contribution in [-0.2, 0) is 24.6 Å². The SMILES string of the molecule is COc1ccc(OC)c(C=Cc2ccc(N3C(=O)[C@H]4[C@H](CC=C5[C@H]4C[C@H]4C(=O)C(c6ccccc6)=CC(=O)[C@@]4(c4ccccc4)[C@H]5c4cc(Cl)c(O)c(OC)c4)C3=O)cc2)c1. The molecule has 4 aliphatic rings. The lowest BCUT2D eigenvalue weighted by Gasteiger charge is -2.55. The van der Waals surface area contributed by atoms with E-state index in [1.54, 1.807) is 38.5 Å². The molecule has 5 aromatic rings. The van der Waals surface area contributed by atoms with Gasteiger partial charge in [-0.3, -0.25) is 24.1 Å². The van der Waals surface area contributed by atoms with Crippen molar-refractivity contribution in [3.63, 3.8) is 0 Å². The summed E-state index contributed by atoms with van der Waals surface area (Å²) in [5, 5.41) is 10.9. The first-order valence-corrected chi connectivity index (χ1v) is 20.5. The minimum Gasteiger partial charge on any atom is -0.503 e. The predicted octanol–water partition coefficient (Wildman–Crippen LogP) is 9.27. The van der Waals surface area contributed by atoms with E-state index in [0.29, 0.717) is 39.4 Å². The van der Waals surface area contributed by atoms with Crippen LogP contribution in [-0.4, -0.2) is 49.8 Å². The Kier molecular flexibility index (Phi) is 10.2. The van der Waals surface area contributed by atoms with Crippen LogP contribution >= 0.6 is 11.6 Å². The Balaban J connectivity index is 1.14. The Morgan fingerprint density at radius 2 is 1.46 bits per heavy atom. The highest BCUT2D eigenvalue weighted by molar-refractivity contribution is 6.33. The van der Waals surface area contributed by atoms with Gasteiger partial charge in [0, 0.05) is 23.0 Å². The molecule has 10 heteroatoms. The molecule has 61 heavy (non-hydrogen) atoms. The summed E-state index contributed by atoms with van der Waals surface area (Å²) in [7, 11) is 4.62. The highest BCUT2D eigenvalue weighted by Gasteiger charge is 2.66. The summed E-state index contributed by atoms with van der Waals surface area (Å²) in [6.07, 6.45) is 7.69. The first-order valence-electron chi connectivity index (χ1n) is 20.2. The fourth-order valence-electron chi connectivity index (χ4n) is 10.3. The standard InChI is InChI=1S/C51H42ClNO8/c1-59-35-20-23-42(60-2)31(24-35)17-14-29-15-18-34(19-16-29)53-49(57)37-22-21-36-39(45(37)50(53)58)27-40-47(55)38(30-10-6-4-7-11-30)28-44(54)51(40,33-12-8-5-9-13-33)46(36)32-25-41(52)48(56)43(26-32)61-3/h4-21,23-26,28,37,39-40,45-46,56H,22,27H2,1-3H3/t37-,39+,40-,45-,46-,51-/m0/s1. The molecule has 0 aromatic heterocycles. The van der Waals surface area contributed by atoms with Crippen LogP contribution in [0.15, 0.2) is 133 Å². The summed E-state index contributed by atoms with van der Waals surface area (Å²) in [5.74, 6) is -3.73. The largest absolute Gasteiger partial charge is 0.503 e. The van der Waals surface area contributed by atoms with Gasteiger partial charge in [0.15, 0.2) is 23.1 Å². The number of amides is 2. The number of halogens is 1. The molecular formula is C51H42ClNO8. The first-order chi connectivity index (χ1) is 29.6. The van der Waals surface area contributed by atoms with Crippen molar-refractivity contribution >= 4 is 58.4 Å². The molecule has 0 bridgehead atoms. The number of aromatic hydroxyl groups is 1. The Bertz CT molecular complexity index is 2690. The number of nitrogens with zero attached hydrogens (tertiary/aromatic N) is 1. The predicted molar refractivity (Wildman–Crippen MR) is 234 cm³/mol. The summed E-state index contributed by atoms with van der Waals surface area (Å²) in [5.41, 5.74) is 3.54. The number of ether oxygens (including phenoxy) is 3. The second-order valence-electron chi connectivity index (χ2n) is 15.9. The van der Waals surface area contributed by atoms with Crippen molar-refractivity contribution in [3.8, 4) is 23.0 Å². The lowest BCUT2D eigenvalue weighted by atomic mass is 9.44. The Morgan fingerprint density at radius 3 is 2.15 bits per heavy atom. The molecule has 3 aliphatic carbocycles. The van der Waals surface area contributed by atoms with E-state index in [1.807, 2.05) is 109 Å². The molecule has 9 rings (SSSR count). The number of carbonyl (C=O) groups excluding carboxylic acids is 4. The van der Waals surface area contributed by atoms with Crippen molar-refractivity contribution in [3.05, 3.63) is 166 Å². The number of Topliss-reactive ketones (excluding diaryl/α,β-unsaturated/α-hetero) is 1. The van der Waals surface area contributed by atoms with Gasteiger partial charge in [-0.1, -0.05) is 108 Å². The first kappa shape index (κ1) is 39.7. The molecule has 0 radical (unpaired) electrons. The summed E-state index contributed by atoms with van der Waals surface area (Å²) < 4.78 is 16.5. The summed E-state index contributed by atoms with van der Waals surface area (Å²) in [4.78, 5) is 61.2. The second kappa shape index (κ2) is 15.7. The van der Waals surface area contributed by atoms with E-state index in [-0.39, 0.29) is 52.7 Å². The van der Waals surface area contributed by atoms with Crippen LogP contribution in [0.5, 0.6) is 23.0 Å². The molecule has 1 N–H and O–H groups in total. The van der Waals surface area contributed by atoms with Crippen molar-refractivity contribution in [2.45, 2.75) is 24.2 Å². The third kappa shape index (κ3) is 6.38. The molecule has 1 heterocycles. The molecule has 306 valence electrons. The molecule has 1 saturated carbocycles. The number of rotatable bonds is 9. The van der Waals surface area contributed by atoms with E-state index in [9.17, 15) is 14.7 Å². The molecule has 0 spiro atoms. The topological polar surface area (TPSA) is 119 Å². The van der Waals surface area contributed by atoms with Gasteiger partial charge in [0.25, 0.3) is 0 Å². The smallest absolute Gasteiger partial charge is 0.238 e. The summed E-state index contributed by atoms with van der Waals surface area (Å²) in [6, 6.07) is 34.5. The lowest BCUT2D eigenvalue weighted by molar-refractivity contribution is -0.135. The van der Waals surface area contributed by atoms with Gasteiger partial charge < -0.3 is 19.3 Å². The van der Waals surface area contributed by atoms with Crippen molar-refractivity contribution < 1.29 is 38.5 Å². The van der Waals surface area contributed by atoms with Gasteiger partial charge in [0.2, 0.25) is 11.8 Å². The molecule has 1 aliphatic heterocycles. The van der Waals surface area contributed by atoms with Crippen LogP contribution < -0.4 is 19.1 Å². The van der Waals surface area contributed by atoms with Crippen molar-refractivity contribution in [2.24, 2.45) is 23.7 Å². The van der Waals surface area contributed by atoms with Gasteiger partial charge in [-0.2, -0.15) is 0 Å². The maximum atomic E-state index is 15.3.